The van der Waals surface area contributed by atoms with E-state index >= 15 is 0 Å². The Hall–Kier alpha value is -4.54. The number of aliphatic hydroxyl groups is 1. The summed E-state index contributed by atoms with van der Waals surface area (Å²) in [6.45, 7) is 10.6. The third-order valence-electron chi connectivity index (χ3n) is 7.47. The van der Waals surface area contributed by atoms with Gasteiger partial charge in [0.1, 0.15) is 27.7 Å². The number of anilines is 1. The van der Waals surface area contributed by atoms with Crippen molar-refractivity contribution >= 4 is 51.5 Å². The number of fused-ring (bicyclic) bond motifs is 7. The normalized spacial score (nSPS) is 29.9. The largest absolute Gasteiger partial charge is 0.390 e. The Bertz CT molecular complexity index is 1660. The number of carbonyl (C=O) groups excluding carboxylic acids is 3. The van der Waals surface area contributed by atoms with E-state index < -0.39 is 41.0 Å². The zero-order valence-electron chi connectivity index (χ0n) is 19.5. The standard InChI is InChI=1S/C17H14N4O5.C7H4N2O2/c1-16-6-9(22)17(2,25-16)11-10(16)14(23)21(15(11)24)8-5-4-7(18-3)12-13(8)20-26-19-12;10-4-5-2-1-3-6-7(5)9-11-8-6/h4-5,9-11,22H,6H2,1-2H3;1-4H/t9-,10+,11-,16?,17?;/m0./s1. The predicted molar refractivity (Wildman–Crippen MR) is 123 cm³/mol. The van der Waals surface area contributed by atoms with Crippen LogP contribution in [0.25, 0.3) is 26.9 Å². The molecular weight excluding hydrogens is 484 g/mol. The molecule has 5 atom stereocenters. The Morgan fingerprint density at radius 1 is 1.03 bits per heavy atom. The molecule has 13 heteroatoms. The highest BCUT2D eigenvalue weighted by Gasteiger charge is 2.75. The fourth-order valence-corrected chi connectivity index (χ4v) is 5.79. The maximum Gasteiger partial charge on any atom is 0.240 e. The minimum absolute atomic E-state index is 0.185. The highest BCUT2D eigenvalue weighted by atomic mass is 16.6. The summed E-state index contributed by atoms with van der Waals surface area (Å²) in [5.74, 6) is -2.26. The molecule has 3 saturated heterocycles. The lowest BCUT2D eigenvalue weighted by atomic mass is 9.67. The van der Waals surface area contributed by atoms with Gasteiger partial charge in [-0.15, -0.1) is 0 Å². The number of aliphatic hydroxyl groups excluding tert-OH is 1. The van der Waals surface area contributed by atoms with E-state index in [1.54, 1.807) is 32.0 Å². The van der Waals surface area contributed by atoms with E-state index in [9.17, 15) is 19.5 Å². The smallest absolute Gasteiger partial charge is 0.240 e. The van der Waals surface area contributed by atoms with E-state index in [2.05, 4.69) is 30.1 Å². The molecule has 186 valence electrons. The molecule has 0 saturated carbocycles. The van der Waals surface area contributed by atoms with Gasteiger partial charge >= 0.3 is 0 Å². The summed E-state index contributed by atoms with van der Waals surface area (Å²) in [6.07, 6.45) is 0.213. The van der Waals surface area contributed by atoms with Crippen molar-refractivity contribution < 1.29 is 33.5 Å². The Labute approximate surface area is 207 Å². The van der Waals surface area contributed by atoms with Gasteiger partial charge in [0.2, 0.25) is 17.5 Å². The third kappa shape index (κ3) is 3.00. The third-order valence-corrected chi connectivity index (χ3v) is 7.47. The molecule has 3 aliphatic heterocycles. The van der Waals surface area contributed by atoms with Crippen molar-refractivity contribution in [1.82, 2.24) is 20.6 Å². The number of benzene rings is 2. The highest BCUT2D eigenvalue weighted by Crippen LogP contribution is 2.61. The summed E-state index contributed by atoms with van der Waals surface area (Å²) >= 11 is 0. The Kier molecular flexibility index (Phi) is 4.78. The van der Waals surface area contributed by atoms with Crippen LogP contribution in [0.5, 0.6) is 0 Å². The molecule has 37 heavy (non-hydrogen) atoms. The van der Waals surface area contributed by atoms with Gasteiger partial charge in [-0.1, -0.05) is 17.3 Å². The first-order valence-corrected chi connectivity index (χ1v) is 11.3. The first-order chi connectivity index (χ1) is 17.7. The fourth-order valence-electron chi connectivity index (χ4n) is 5.79. The van der Waals surface area contributed by atoms with Crippen LogP contribution in [0.15, 0.2) is 39.6 Å². The molecule has 1 N–H and O–H groups in total. The predicted octanol–water partition coefficient (Wildman–Crippen LogP) is 2.23. The molecule has 2 amide bonds. The summed E-state index contributed by atoms with van der Waals surface area (Å²) in [6, 6.07) is 8.11. The van der Waals surface area contributed by atoms with E-state index in [1.165, 1.54) is 12.1 Å². The van der Waals surface area contributed by atoms with Crippen molar-refractivity contribution in [3.05, 3.63) is 47.3 Å². The van der Waals surface area contributed by atoms with Gasteiger partial charge in [-0.3, -0.25) is 14.4 Å². The maximum atomic E-state index is 13.2. The van der Waals surface area contributed by atoms with Crippen molar-refractivity contribution in [1.29, 1.82) is 0 Å². The fraction of sp³-hybridized carbons (Fsp3) is 0.333. The minimum atomic E-state index is -1.10. The number of hydrogen-bond donors (Lipinski definition) is 1. The molecule has 3 aliphatic rings. The molecule has 4 aromatic rings. The maximum absolute atomic E-state index is 13.2. The van der Waals surface area contributed by atoms with Crippen molar-refractivity contribution in [3.63, 3.8) is 0 Å². The number of carbonyl (C=O) groups is 3. The lowest BCUT2D eigenvalue weighted by Crippen LogP contribution is -2.49. The van der Waals surface area contributed by atoms with Crippen LogP contribution >= 0.6 is 0 Å². The van der Waals surface area contributed by atoms with Gasteiger partial charge in [-0.2, -0.15) is 0 Å². The quantitative estimate of drug-likeness (QED) is 0.242. The number of nitrogens with zero attached hydrogens (tertiary/aromatic N) is 6. The topological polar surface area (TPSA) is 166 Å². The van der Waals surface area contributed by atoms with E-state index in [0.29, 0.717) is 23.0 Å². The van der Waals surface area contributed by atoms with E-state index in [1.807, 2.05) is 0 Å². The molecule has 0 radical (unpaired) electrons. The van der Waals surface area contributed by atoms with Crippen LogP contribution < -0.4 is 4.90 Å². The second kappa shape index (κ2) is 7.73. The van der Waals surface area contributed by atoms with Crippen molar-refractivity contribution in [3.8, 4) is 0 Å². The number of amides is 2. The van der Waals surface area contributed by atoms with Crippen LogP contribution in [0.3, 0.4) is 0 Å². The number of imide groups is 1. The monoisotopic (exact) mass is 502 g/mol. The average molecular weight is 502 g/mol. The molecule has 2 aromatic carbocycles. The van der Waals surface area contributed by atoms with E-state index in [4.69, 9.17) is 15.9 Å². The van der Waals surface area contributed by atoms with Crippen molar-refractivity contribution in [2.24, 2.45) is 11.8 Å². The summed E-state index contributed by atoms with van der Waals surface area (Å²) in [4.78, 5) is 41.2. The number of aldehydes is 1. The molecule has 2 unspecified atom stereocenters. The van der Waals surface area contributed by atoms with Gasteiger partial charge in [0.15, 0.2) is 6.29 Å². The average Bonchev–Trinajstić information content (AvgIpc) is 3.67. The number of rotatable bonds is 2. The first kappa shape index (κ1) is 22.9. The van der Waals surface area contributed by atoms with Crippen molar-refractivity contribution in [2.75, 3.05) is 4.90 Å². The molecular formula is C24H18N6O7. The Balaban J connectivity index is 0.000000191. The van der Waals surface area contributed by atoms with Gasteiger partial charge in [0.05, 0.1) is 35.8 Å². The summed E-state index contributed by atoms with van der Waals surface area (Å²) in [5.41, 5.74) is 0.481. The number of aromatic nitrogens is 4. The second-order valence-corrected chi connectivity index (χ2v) is 9.56. The Morgan fingerprint density at radius 3 is 2.49 bits per heavy atom. The molecule has 0 aliphatic carbocycles. The highest BCUT2D eigenvalue weighted by molar-refractivity contribution is 6.26. The summed E-state index contributed by atoms with van der Waals surface area (Å²) in [5, 5.41) is 25.0. The van der Waals surface area contributed by atoms with Crippen molar-refractivity contribution in [2.45, 2.75) is 37.6 Å². The number of ether oxygens (including phenoxy) is 1. The lowest BCUT2D eigenvalue weighted by Gasteiger charge is -2.31. The summed E-state index contributed by atoms with van der Waals surface area (Å²) in [7, 11) is 0. The first-order valence-electron chi connectivity index (χ1n) is 11.3. The zero-order valence-corrected chi connectivity index (χ0v) is 19.5. The number of hydrogen-bond acceptors (Lipinski definition) is 11. The van der Waals surface area contributed by atoms with E-state index in [-0.39, 0.29) is 22.4 Å². The van der Waals surface area contributed by atoms with Crippen LogP contribution in [0.4, 0.5) is 11.4 Å². The van der Waals surface area contributed by atoms with Gasteiger partial charge in [-0.25, -0.2) is 19.0 Å². The molecule has 0 spiro atoms. The Morgan fingerprint density at radius 2 is 1.73 bits per heavy atom. The van der Waals surface area contributed by atoms with Gasteiger partial charge < -0.3 is 9.84 Å². The summed E-state index contributed by atoms with van der Waals surface area (Å²) < 4.78 is 15.1. The molecule has 13 nitrogen and oxygen atoms in total. The molecule has 5 heterocycles. The lowest BCUT2D eigenvalue weighted by molar-refractivity contribution is -0.132. The van der Waals surface area contributed by atoms with Crippen LogP contribution in [0.1, 0.15) is 30.6 Å². The van der Waals surface area contributed by atoms with Gasteiger partial charge in [-0.05, 0) is 47.5 Å². The van der Waals surface area contributed by atoms with Crippen LogP contribution in [0, 0.1) is 18.4 Å². The molecule has 3 fully saturated rings. The van der Waals surface area contributed by atoms with Gasteiger partial charge in [0, 0.05) is 12.0 Å². The zero-order chi connectivity index (χ0) is 26.1. The molecule has 2 bridgehead atoms. The molecule has 2 aromatic heterocycles. The van der Waals surface area contributed by atoms with Crippen LogP contribution in [-0.4, -0.2) is 61.1 Å². The SMILES string of the molecule is O=Cc1cccc2nonc12.[C-]#[N+]c1ccc(N2C(=O)[C@@H]3[C@H](C2=O)C2(C)C[C@H](O)C3(C)O2)c2nonc12. The van der Waals surface area contributed by atoms with E-state index in [0.717, 1.165) is 11.2 Å². The molecule has 7 rings (SSSR count). The minimum Gasteiger partial charge on any atom is -0.390 e. The second-order valence-electron chi connectivity index (χ2n) is 9.56. The van der Waals surface area contributed by atoms with Crippen LogP contribution in [-0.2, 0) is 14.3 Å². The van der Waals surface area contributed by atoms with Gasteiger partial charge in [0.25, 0.3) is 0 Å². The van der Waals surface area contributed by atoms with Crippen LogP contribution in [0.2, 0.25) is 0 Å².